The van der Waals surface area contributed by atoms with E-state index in [1.165, 1.54) is 11.8 Å². The van der Waals surface area contributed by atoms with Crippen molar-refractivity contribution in [2.24, 2.45) is 0 Å². The molecular formula is C11H13BrN4OS. The van der Waals surface area contributed by atoms with Crippen LogP contribution in [0.5, 0.6) is 0 Å². The maximum atomic E-state index is 11.6. The fourth-order valence-electron chi connectivity index (χ4n) is 1.50. The Kier molecular flexibility index (Phi) is 3.91. The van der Waals surface area contributed by atoms with E-state index in [-0.39, 0.29) is 11.7 Å². The molecule has 2 aromatic heterocycles. The molecule has 0 unspecified atom stereocenters. The van der Waals surface area contributed by atoms with Gasteiger partial charge < -0.3 is 0 Å². The number of aromatic nitrogens is 4. The minimum atomic E-state index is -0.198. The van der Waals surface area contributed by atoms with Crippen LogP contribution >= 0.6 is 27.7 Å². The lowest BCUT2D eigenvalue weighted by atomic mass is 10.3. The molecular weight excluding hydrogens is 316 g/mol. The third kappa shape index (κ3) is 2.67. The van der Waals surface area contributed by atoms with Crippen LogP contribution in [0.4, 0.5) is 0 Å². The first-order valence-corrected chi connectivity index (χ1v) is 7.07. The summed E-state index contributed by atoms with van der Waals surface area (Å²) >= 11 is 4.83. The predicted octanol–water partition coefficient (Wildman–Crippen LogP) is 2.77. The summed E-state index contributed by atoms with van der Waals surface area (Å²) in [5.74, 6) is 0. The molecule has 0 atom stereocenters. The zero-order chi connectivity index (χ0) is 13.3. The molecule has 0 aliphatic carbocycles. The van der Waals surface area contributed by atoms with E-state index in [9.17, 15) is 4.79 Å². The van der Waals surface area contributed by atoms with Gasteiger partial charge in [0.05, 0.1) is 4.47 Å². The van der Waals surface area contributed by atoms with Gasteiger partial charge in [-0.05, 0) is 60.1 Å². The van der Waals surface area contributed by atoms with Crippen LogP contribution in [0.2, 0.25) is 0 Å². The highest BCUT2D eigenvalue weighted by Gasteiger charge is 2.14. The molecule has 0 saturated carbocycles. The molecule has 2 aromatic rings. The van der Waals surface area contributed by atoms with Crippen molar-refractivity contribution >= 4 is 27.7 Å². The minimum absolute atomic E-state index is 0.0583. The van der Waals surface area contributed by atoms with Gasteiger partial charge in [-0.1, -0.05) is 0 Å². The number of aromatic amines is 1. The van der Waals surface area contributed by atoms with Crippen LogP contribution in [0.1, 0.15) is 25.5 Å². The van der Waals surface area contributed by atoms with Crippen molar-refractivity contribution in [3.63, 3.8) is 0 Å². The first-order valence-electron chi connectivity index (χ1n) is 5.46. The quantitative estimate of drug-likeness (QED) is 0.940. The van der Waals surface area contributed by atoms with Gasteiger partial charge >= 0.3 is 5.69 Å². The topological polar surface area (TPSA) is 63.6 Å². The second-order valence-corrected chi connectivity index (χ2v) is 5.99. The number of rotatable bonds is 3. The first kappa shape index (κ1) is 13.4. The van der Waals surface area contributed by atoms with Gasteiger partial charge in [-0.25, -0.2) is 14.9 Å². The van der Waals surface area contributed by atoms with Crippen LogP contribution in [0.3, 0.4) is 0 Å². The van der Waals surface area contributed by atoms with Crippen LogP contribution in [0.25, 0.3) is 0 Å². The summed E-state index contributed by atoms with van der Waals surface area (Å²) in [4.78, 5) is 15.9. The maximum Gasteiger partial charge on any atom is 0.344 e. The maximum absolute atomic E-state index is 11.6. The van der Waals surface area contributed by atoms with Crippen LogP contribution < -0.4 is 5.69 Å². The van der Waals surface area contributed by atoms with Gasteiger partial charge in [0.2, 0.25) is 0 Å². The smallest absolute Gasteiger partial charge is 0.267 e. The predicted molar refractivity (Wildman–Crippen MR) is 74.0 cm³/mol. The van der Waals surface area contributed by atoms with Crippen molar-refractivity contribution < 1.29 is 0 Å². The average Bonchev–Trinajstić information content (AvgIpc) is 2.64. The normalized spacial score (nSPS) is 11.2. The number of hydrogen-bond acceptors (Lipinski definition) is 4. The Morgan fingerprint density at radius 3 is 2.83 bits per heavy atom. The van der Waals surface area contributed by atoms with Crippen molar-refractivity contribution in [1.82, 2.24) is 19.7 Å². The molecule has 2 rings (SSSR count). The highest BCUT2D eigenvalue weighted by molar-refractivity contribution is 9.10. The van der Waals surface area contributed by atoms with Crippen molar-refractivity contribution in [3.8, 4) is 0 Å². The first-order chi connectivity index (χ1) is 8.49. The van der Waals surface area contributed by atoms with E-state index in [2.05, 4.69) is 31.1 Å². The molecule has 0 aromatic carbocycles. The Hall–Kier alpha value is -1.08. The molecule has 0 saturated heterocycles. The Balaban J connectivity index is 2.37. The number of hydrogen-bond donors (Lipinski definition) is 1. The molecule has 96 valence electrons. The van der Waals surface area contributed by atoms with Gasteiger partial charge in [-0.3, -0.25) is 4.57 Å². The SMILES string of the molecule is Cc1cnc(Sc2n[nH]c(=O)n2C(C)C)c(Br)c1. The third-order valence-electron chi connectivity index (χ3n) is 2.32. The fraction of sp³-hybridized carbons (Fsp3) is 0.364. The largest absolute Gasteiger partial charge is 0.344 e. The minimum Gasteiger partial charge on any atom is -0.267 e. The molecule has 0 fully saturated rings. The molecule has 5 nitrogen and oxygen atoms in total. The molecule has 0 aliphatic rings. The third-order valence-corrected chi connectivity index (χ3v) is 4.18. The molecule has 1 N–H and O–H groups in total. The van der Waals surface area contributed by atoms with E-state index in [4.69, 9.17) is 0 Å². The molecule has 0 radical (unpaired) electrons. The Morgan fingerprint density at radius 1 is 1.50 bits per heavy atom. The monoisotopic (exact) mass is 328 g/mol. The van der Waals surface area contributed by atoms with E-state index in [1.54, 1.807) is 10.8 Å². The Morgan fingerprint density at radius 2 is 2.22 bits per heavy atom. The van der Waals surface area contributed by atoms with Crippen LogP contribution in [0.15, 0.2) is 31.7 Å². The molecule has 18 heavy (non-hydrogen) atoms. The molecule has 0 bridgehead atoms. The van der Waals surface area contributed by atoms with E-state index in [1.807, 2.05) is 26.8 Å². The number of pyridine rings is 1. The van der Waals surface area contributed by atoms with E-state index in [0.29, 0.717) is 5.16 Å². The summed E-state index contributed by atoms with van der Waals surface area (Å²) < 4.78 is 2.51. The molecule has 0 amide bonds. The summed E-state index contributed by atoms with van der Waals surface area (Å²) in [7, 11) is 0. The summed E-state index contributed by atoms with van der Waals surface area (Å²) in [6, 6.07) is 2.04. The van der Waals surface area contributed by atoms with Crippen LogP contribution in [0, 0.1) is 6.92 Å². The van der Waals surface area contributed by atoms with E-state index < -0.39 is 0 Å². The lowest BCUT2D eigenvalue weighted by Crippen LogP contribution is -2.19. The second kappa shape index (κ2) is 5.27. The van der Waals surface area contributed by atoms with Gasteiger partial charge in [0, 0.05) is 12.2 Å². The summed E-state index contributed by atoms with van der Waals surface area (Å²) in [5.41, 5.74) is 0.880. The molecule has 0 aliphatic heterocycles. The molecule has 7 heteroatoms. The molecule has 2 heterocycles. The van der Waals surface area contributed by atoms with Crippen LogP contribution in [-0.4, -0.2) is 19.7 Å². The standard InChI is InChI=1S/C11H13BrN4OS/c1-6(2)16-10(17)14-15-11(16)18-9-8(12)4-7(3)5-13-9/h4-6H,1-3H3,(H,14,17). The fourth-order valence-corrected chi connectivity index (χ4v) is 3.12. The summed E-state index contributed by atoms with van der Waals surface area (Å²) in [6.07, 6.45) is 1.79. The zero-order valence-corrected chi connectivity index (χ0v) is 12.7. The van der Waals surface area contributed by atoms with Gasteiger partial charge in [-0.2, -0.15) is 0 Å². The number of H-pyrrole nitrogens is 1. The van der Waals surface area contributed by atoms with E-state index in [0.717, 1.165) is 15.1 Å². The lowest BCUT2D eigenvalue weighted by molar-refractivity contribution is 0.534. The molecule has 0 spiro atoms. The van der Waals surface area contributed by atoms with Crippen molar-refractivity contribution in [1.29, 1.82) is 0 Å². The van der Waals surface area contributed by atoms with Crippen molar-refractivity contribution in [2.75, 3.05) is 0 Å². The zero-order valence-electron chi connectivity index (χ0n) is 10.3. The summed E-state index contributed by atoms with van der Waals surface area (Å²) in [6.45, 7) is 5.86. The van der Waals surface area contributed by atoms with Crippen molar-refractivity contribution in [2.45, 2.75) is 37.0 Å². The van der Waals surface area contributed by atoms with Gasteiger partial charge in [-0.15, -0.1) is 5.10 Å². The number of nitrogens with zero attached hydrogens (tertiary/aromatic N) is 3. The number of aryl methyl sites for hydroxylation is 1. The average molecular weight is 329 g/mol. The number of halogens is 1. The van der Waals surface area contributed by atoms with Gasteiger partial charge in [0.1, 0.15) is 5.03 Å². The Bertz CT molecular complexity index is 620. The highest BCUT2D eigenvalue weighted by atomic mass is 79.9. The van der Waals surface area contributed by atoms with Gasteiger partial charge in [0.25, 0.3) is 0 Å². The summed E-state index contributed by atoms with van der Waals surface area (Å²) in [5, 5.41) is 7.90. The highest BCUT2D eigenvalue weighted by Crippen LogP contribution is 2.31. The number of nitrogens with one attached hydrogen (secondary N) is 1. The second-order valence-electron chi connectivity index (χ2n) is 4.18. The van der Waals surface area contributed by atoms with E-state index >= 15 is 0 Å². The van der Waals surface area contributed by atoms with Crippen LogP contribution in [-0.2, 0) is 0 Å². The van der Waals surface area contributed by atoms with Gasteiger partial charge in [0.15, 0.2) is 5.16 Å². The lowest BCUT2D eigenvalue weighted by Gasteiger charge is -2.08. The van der Waals surface area contributed by atoms with Crippen molar-refractivity contribution in [3.05, 3.63) is 32.8 Å². The Labute approximate surface area is 117 Å².